The molecular weight excluding hydrogens is 236 g/mol. The lowest BCUT2D eigenvalue weighted by molar-refractivity contribution is -0.117. The Balaban J connectivity index is 1.85. The zero-order valence-corrected chi connectivity index (χ0v) is 10.8. The van der Waals surface area contributed by atoms with Gasteiger partial charge in [-0.25, -0.2) is 4.98 Å². The van der Waals surface area contributed by atoms with Crippen LogP contribution in [0.5, 0.6) is 0 Å². The third kappa shape index (κ3) is 3.24. The van der Waals surface area contributed by atoms with Crippen LogP contribution in [0.15, 0.2) is 5.38 Å². The Morgan fingerprint density at radius 2 is 2.59 bits per heavy atom. The van der Waals surface area contributed by atoms with E-state index in [2.05, 4.69) is 15.2 Å². The predicted octanol–water partition coefficient (Wildman–Crippen LogP) is 0.813. The maximum atomic E-state index is 11.8. The molecule has 17 heavy (non-hydrogen) atoms. The molecule has 0 saturated carbocycles. The van der Waals surface area contributed by atoms with Crippen molar-refractivity contribution in [2.24, 2.45) is 5.73 Å². The molecule has 0 spiro atoms. The minimum Gasteiger partial charge on any atom is -0.329 e. The molecule has 1 saturated heterocycles. The van der Waals surface area contributed by atoms with Gasteiger partial charge in [0, 0.05) is 18.0 Å². The van der Waals surface area contributed by atoms with E-state index in [-0.39, 0.29) is 5.91 Å². The quantitative estimate of drug-likeness (QED) is 0.834. The molecule has 1 aromatic rings. The predicted molar refractivity (Wildman–Crippen MR) is 69.1 cm³/mol. The van der Waals surface area contributed by atoms with Gasteiger partial charge in [0.15, 0.2) is 5.13 Å². The Morgan fingerprint density at radius 1 is 1.76 bits per heavy atom. The molecule has 0 bridgehead atoms. The minimum absolute atomic E-state index is 0.000278. The molecule has 2 heterocycles. The van der Waals surface area contributed by atoms with Gasteiger partial charge < -0.3 is 11.1 Å². The molecule has 1 amide bonds. The summed E-state index contributed by atoms with van der Waals surface area (Å²) in [6.07, 6.45) is 2.23. The van der Waals surface area contributed by atoms with E-state index in [0.29, 0.717) is 24.3 Å². The van der Waals surface area contributed by atoms with E-state index in [9.17, 15) is 4.79 Å². The maximum Gasteiger partial charge on any atom is 0.240 e. The van der Waals surface area contributed by atoms with Gasteiger partial charge in [-0.1, -0.05) is 0 Å². The number of nitrogens with one attached hydrogen (secondary N) is 1. The summed E-state index contributed by atoms with van der Waals surface area (Å²) >= 11 is 1.46. The lowest BCUT2D eigenvalue weighted by Gasteiger charge is -2.21. The second-order valence-corrected chi connectivity index (χ2v) is 5.20. The summed E-state index contributed by atoms with van der Waals surface area (Å²) in [6.45, 7) is 3.92. The molecule has 3 N–H and O–H groups in total. The number of hydrogen-bond donors (Lipinski definition) is 2. The number of aryl methyl sites for hydroxylation is 1. The first-order chi connectivity index (χ1) is 8.19. The summed E-state index contributed by atoms with van der Waals surface area (Å²) in [5.41, 5.74) is 6.61. The summed E-state index contributed by atoms with van der Waals surface area (Å²) in [6, 6.07) is 0.360. The fraction of sp³-hybridized carbons (Fsp3) is 0.636. The molecule has 1 aliphatic heterocycles. The van der Waals surface area contributed by atoms with E-state index in [4.69, 9.17) is 5.73 Å². The summed E-state index contributed by atoms with van der Waals surface area (Å²) in [5, 5.41) is 5.42. The Labute approximate surface area is 105 Å². The molecule has 0 radical (unpaired) electrons. The zero-order valence-electron chi connectivity index (χ0n) is 9.98. The van der Waals surface area contributed by atoms with Gasteiger partial charge in [0.1, 0.15) is 0 Å². The SMILES string of the molecule is Cc1csc(NC(=O)CN2CCCC2CN)n1. The molecular formula is C11H18N4OS. The topological polar surface area (TPSA) is 71.2 Å². The highest BCUT2D eigenvalue weighted by atomic mass is 32.1. The largest absolute Gasteiger partial charge is 0.329 e. The maximum absolute atomic E-state index is 11.8. The van der Waals surface area contributed by atoms with Crippen molar-refractivity contribution < 1.29 is 4.79 Å². The Morgan fingerprint density at radius 3 is 3.24 bits per heavy atom. The van der Waals surface area contributed by atoms with Crippen LogP contribution in [0, 0.1) is 6.92 Å². The lowest BCUT2D eigenvalue weighted by atomic mass is 10.2. The summed E-state index contributed by atoms with van der Waals surface area (Å²) in [5.74, 6) is -0.000278. The van der Waals surface area contributed by atoms with Crippen LogP contribution in [-0.4, -0.2) is 41.5 Å². The van der Waals surface area contributed by atoms with Crippen molar-refractivity contribution in [3.8, 4) is 0 Å². The number of nitrogens with zero attached hydrogens (tertiary/aromatic N) is 2. The van der Waals surface area contributed by atoms with E-state index in [1.54, 1.807) is 0 Å². The standard InChI is InChI=1S/C11H18N4OS/c1-8-7-17-11(13-8)14-10(16)6-15-4-2-3-9(15)5-12/h7,9H,2-6,12H2,1H3,(H,13,14,16). The smallest absolute Gasteiger partial charge is 0.240 e. The van der Waals surface area contributed by atoms with Crippen molar-refractivity contribution in [2.75, 3.05) is 25.0 Å². The van der Waals surface area contributed by atoms with E-state index in [1.165, 1.54) is 11.3 Å². The Kier molecular flexibility index (Phi) is 4.09. The van der Waals surface area contributed by atoms with E-state index >= 15 is 0 Å². The summed E-state index contributed by atoms with van der Waals surface area (Å²) in [7, 11) is 0. The number of carbonyl (C=O) groups excluding carboxylic acids is 1. The number of rotatable bonds is 4. The highest BCUT2D eigenvalue weighted by Crippen LogP contribution is 2.17. The van der Waals surface area contributed by atoms with Crippen LogP contribution in [0.1, 0.15) is 18.5 Å². The number of likely N-dealkylation sites (tertiary alicyclic amines) is 1. The van der Waals surface area contributed by atoms with Gasteiger partial charge in [-0.2, -0.15) is 0 Å². The van der Waals surface area contributed by atoms with Crippen molar-refractivity contribution in [2.45, 2.75) is 25.8 Å². The van der Waals surface area contributed by atoms with Crippen molar-refractivity contribution in [1.82, 2.24) is 9.88 Å². The molecule has 94 valence electrons. The second-order valence-electron chi connectivity index (χ2n) is 4.34. The average molecular weight is 254 g/mol. The fourth-order valence-corrected chi connectivity index (χ4v) is 2.83. The number of hydrogen-bond acceptors (Lipinski definition) is 5. The number of nitrogens with two attached hydrogens (primary N) is 1. The zero-order chi connectivity index (χ0) is 12.3. The first-order valence-electron chi connectivity index (χ1n) is 5.85. The van der Waals surface area contributed by atoms with Crippen molar-refractivity contribution >= 4 is 22.4 Å². The molecule has 5 nitrogen and oxygen atoms in total. The monoisotopic (exact) mass is 254 g/mol. The van der Waals surface area contributed by atoms with Crippen LogP contribution in [0.3, 0.4) is 0 Å². The molecule has 0 aliphatic carbocycles. The average Bonchev–Trinajstić information content (AvgIpc) is 2.87. The Bertz CT molecular complexity index is 393. The summed E-state index contributed by atoms with van der Waals surface area (Å²) < 4.78 is 0. The van der Waals surface area contributed by atoms with Gasteiger partial charge in [-0.05, 0) is 26.3 Å². The molecule has 2 rings (SSSR count). The third-order valence-corrected chi connectivity index (χ3v) is 3.86. The van der Waals surface area contributed by atoms with Gasteiger partial charge in [-0.15, -0.1) is 11.3 Å². The number of carbonyl (C=O) groups is 1. The number of aromatic nitrogens is 1. The highest BCUT2D eigenvalue weighted by molar-refractivity contribution is 7.13. The van der Waals surface area contributed by atoms with Crippen molar-refractivity contribution in [3.05, 3.63) is 11.1 Å². The number of anilines is 1. The molecule has 1 fully saturated rings. The van der Waals surface area contributed by atoms with E-state index in [1.807, 2.05) is 12.3 Å². The van der Waals surface area contributed by atoms with Crippen LogP contribution in [0.2, 0.25) is 0 Å². The first-order valence-corrected chi connectivity index (χ1v) is 6.73. The Hall–Kier alpha value is -0.980. The second kappa shape index (κ2) is 5.57. The van der Waals surface area contributed by atoms with Crippen molar-refractivity contribution in [1.29, 1.82) is 0 Å². The minimum atomic E-state index is -0.000278. The molecule has 1 atom stereocenters. The van der Waals surface area contributed by atoms with Gasteiger partial charge in [0.05, 0.1) is 12.2 Å². The molecule has 1 unspecified atom stereocenters. The molecule has 6 heteroatoms. The summed E-state index contributed by atoms with van der Waals surface area (Å²) in [4.78, 5) is 18.2. The molecule has 1 aromatic heterocycles. The molecule has 0 aromatic carbocycles. The van der Waals surface area contributed by atoms with Gasteiger partial charge >= 0.3 is 0 Å². The van der Waals surface area contributed by atoms with E-state index in [0.717, 1.165) is 25.1 Å². The van der Waals surface area contributed by atoms with Gasteiger partial charge in [-0.3, -0.25) is 9.69 Å². The van der Waals surface area contributed by atoms with Crippen LogP contribution in [-0.2, 0) is 4.79 Å². The fourth-order valence-electron chi connectivity index (χ4n) is 2.12. The van der Waals surface area contributed by atoms with Crippen molar-refractivity contribution in [3.63, 3.8) is 0 Å². The van der Waals surface area contributed by atoms with Gasteiger partial charge in [0.25, 0.3) is 0 Å². The number of amides is 1. The van der Waals surface area contributed by atoms with E-state index < -0.39 is 0 Å². The van der Waals surface area contributed by atoms with Crippen LogP contribution >= 0.6 is 11.3 Å². The van der Waals surface area contributed by atoms with Crippen LogP contribution in [0.4, 0.5) is 5.13 Å². The normalized spacial score (nSPS) is 20.7. The van der Waals surface area contributed by atoms with Gasteiger partial charge in [0.2, 0.25) is 5.91 Å². The molecule has 1 aliphatic rings. The lowest BCUT2D eigenvalue weighted by Crippen LogP contribution is -2.40. The van der Waals surface area contributed by atoms with Crippen LogP contribution in [0.25, 0.3) is 0 Å². The number of thiazole rings is 1. The third-order valence-electron chi connectivity index (χ3n) is 2.98. The first kappa shape index (κ1) is 12.5. The van der Waals surface area contributed by atoms with Crippen LogP contribution < -0.4 is 11.1 Å². The highest BCUT2D eigenvalue weighted by Gasteiger charge is 2.24.